The van der Waals surface area contributed by atoms with Gasteiger partial charge in [0.1, 0.15) is 5.82 Å². The summed E-state index contributed by atoms with van der Waals surface area (Å²) < 4.78 is 1.95. The van der Waals surface area contributed by atoms with Gasteiger partial charge in [-0.25, -0.2) is 4.98 Å². The number of nitrogens with one attached hydrogen (secondary N) is 1. The summed E-state index contributed by atoms with van der Waals surface area (Å²) in [7, 11) is 0. The van der Waals surface area contributed by atoms with Crippen molar-refractivity contribution >= 4 is 11.5 Å². The third-order valence-corrected chi connectivity index (χ3v) is 2.87. The van der Waals surface area contributed by atoms with E-state index in [1.165, 1.54) is 12.8 Å². The Morgan fingerprint density at radius 1 is 1.41 bits per heavy atom. The maximum atomic E-state index is 4.33. The second kappa shape index (κ2) is 5.12. The van der Waals surface area contributed by atoms with Gasteiger partial charge in [-0.3, -0.25) is 4.40 Å². The van der Waals surface area contributed by atoms with Crippen molar-refractivity contribution in [2.24, 2.45) is 0 Å². The highest BCUT2D eigenvalue weighted by molar-refractivity contribution is 5.62. The summed E-state index contributed by atoms with van der Waals surface area (Å²) in [6, 6.07) is 0.408. The molecule has 2 aromatic rings. The number of hydrogen-bond donors (Lipinski definition) is 1. The average Bonchev–Trinajstić information content (AvgIpc) is 2.70. The highest BCUT2D eigenvalue weighted by atomic mass is 15.3. The van der Waals surface area contributed by atoms with E-state index < -0.39 is 0 Å². The van der Waals surface area contributed by atoms with Crippen molar-refractivity contribution in [3.8, 4) is 0 Å². The number of aromatic nitrogens is 4. The maximum Gasteiger partial charge on any atom is 0.203 e. The topological polar surface area (TPSA) is 55.1 Å². The monoisotopic (exact) mass is 233 g/mol. The van der Waals surface area contributed by atoms with Gasteiger partial charge in [0.2, 0.25) is 5.65 Å². The van der Waals surface area contributed by atoms with Crippen LogP contribution in [0.15, 0.2) is 12.4 Å². The van der Waals surface area contributed by atoms with Gasteiger partial charge in [0, 0.05) is 18.4 Å². The first kappa shape index (κ1) is 11.8. The molecule has 0 bridgehead atoms. The molecule has 0 spiro atoms. The third kappa shape index (κ3) is 2.54. The molecule has 0 fully saturated rings. The van der Waals surface area contributed by atoms with Gasteiger partial charge in [0.25, 0.3) is 0 Å². The van der Waals surface area contributed by atoms with Crippen molar-refractivity contribution in [3.63, 3.8) is 0 Å². The van der Waals surface area contributed by atoms with Gasteiger partial charge in [0.05, 0.1) is 0 Å². The summed E-state index contributed by atoms with van der Waals surface area (Å²) in [4.78, 5) is 4.33. The van der Waals surface area contributed by atoms with E-state index in [-0.39, 0.29) is 0 Å². The minimum Gasteiger partial charge on any atom is -0.364 e. The fourth-order valence-corrected chi connectivity index (χ4v) is 1.86. The Kier molecular flexibility index (Phi) is 3.56. The molecule has 0 aromatic carbocycles. The van der Waals surface area contributed by atoms with Crippen molar-refractivity contribution in [2.75, 3.05) is 5.32 Å². The van der Waals surface area contributed by atoms with Gasteiger partial charge in [0.15, 0.2) is 5.82 Å². The molecule has 5 nitrogen and oxygen atoms in total. The normalized spacial score (nSPS) is 12.9. The Labute approximate surface area is 101 Å². The van der Waals surface area contributed by atoms with E-state index in [1.54, 1.807) is 6.20 Å². The summed E-state index contributed by atoms with van der Waals surface area (Å²) >= 11 is 0. The molecule has 5 heteroatoms. The van der Waals surface area contributed by atoms with Crippen LogP contribution >= 0.6 is 0 Å². The molecule has 2 rings (SSSR count). The largest absolute Gasteiger partial charge is 0.364 e. The van der Waals surface area contributed by atoms with E-state index in [4.69, 9.17) is 0 Å². The van der Waals surface area contributed by atoms with E-state index in [1.807, 2.05) is 17.5 Å². The second-order valence-corrected chi connectivity index (χ2v) is 4.40. The molecule has 0 amide bonds. The van der Waals surface area contributed by atoms with Gasteiger partial charge in [-0.2, -0.15) is 0 Å². The predicted octanol–water partition coefficient (Wildman–Crippen LogP) is 2.42. The molecule has 1 atom stereocenters. The lowest BCUT2D eigenvalue weighted by Crippen LogP contribution is -2.16. The van der Waals surface area contributed by atoms with E-state index in [2.05, 4.69) is 34.3 Å². The maximum absolute atomic E-state index is 4.33. The minimum atomic E-state index is 0.408. The van der Waals surface area contributed by atoms with E-state index in [0.717, 1.165) is 23.7 Å². The van der Waals surface area contributed by atoms with Crippen molar-refractivity contribution in [3.05, 3.63) is 18.2 Å². The zero-order valence-electron chi connectivity index (χ0n) is 10.6. The van der Waals surface area contributed by atoms with Crippen LogP contribution in [-0.2, 0) is 0 Å². The molecular weight excluding hydrogens is 214 g/mol. The van der Waals surface area contributed by atoms with Crippen LogP contribution in [0.25, 0.3) is 5.65 Å². The Hall–Kier alpha value is -1.65. The summed E-state index contributed by atoms with van der Waals surface area (Å²) in [6.07, 6.45) is 7.24. The number of nitrogens with zero attached hydrogens (tertiary/aromatic N) is 4. The lowest BCUT2D eigenvalue weighted by atomic mass is 10.1. The fourth-order valence-electron chi connectivity index (χ4n) is 1.86. The van der Waals surface area contributed by atoms with Crippen LogP contribution in [0.1, 0.15) is 38.9 Å². The zero-order chi connectivity index (χ0) is 12.3. The van der Waals surface area contributed by atoms with E-state index in [9.17, 15) is 0 Å². The Morgan fingerprint density at radius 3 is 3.00 bits per heavy atom. The second-order valence-electron chi connectivity index (χ2n) is 4.40. The number of rotatable bonds is 5. The number of unbranched alkanes of at least 4 members (excludes halogenated alkanes) is 1. The molecule has 0 aliphatic rings. The molecule has 1 unspecified atom stereocenters. The summed E-state index contributed by atoms with van der Waals surface area (Å²) in [6.45, 7) is 6.31. The number of anilines is 1. The van der Waals surface area contributed by atoms with Crippen LogP contribution < -0.4 is 5.32 Å². The third-order valence-electron chi connectivity index (χ3n) is 2.87. The molecular formula is C12H19N5. The molecule has 0 aliphatic carbocycles. The van der Waals surface area contributed by atoms with Gasteiger partial charge in [-0.15, -0.1) is 10.2 Å². The fraction of sp³-hybridized carbons (Fsp3) is 0.583. The quantitative estimate of drug-likeness (QED) is 0.861. The highest BCUT2D eigenvalue weighted by Gasteiger charge is 2.09. The highest BCUT2D eigenvalue weighted by Crippen LogP contribution is 2.14. The van der Waals surface area contributed by atoms with Crippen molar-refractivity contribution in [1.82, 2.24) is 19.6 Å². The first-order chi connectivity index (χ1) is 8.22. The molecule has 92 valence electrons. The summed E-state index contributed by atoms with van der Waals surface area (Å²) in [5, 5.41) is 11.6. The summed E-state index contributed by atoms with van der Waals surface area (Å²) in [5.41, 5.74) is 0.799. The van der Waals surface area contributed by atoms with E-state index >= 15 is 0 Å². The van der Waals surface area contributed by atoms with Crippen LogP contribution in [0, 0.1) is 6.92 Å². The number of hydrogen-bond acceptors (Lipinski definition) is 4. The van der Waals surface area contributed by atoms with Crippen molar-refractivity contribution in [2.45, 2.75) is 46.1 Å². The van der Waals surface area contributed by atoms with Crippen LogP contribution in [0.4, 0.5) is 5.82 Å². The van der Waals surface area contributed by atoms with Crippen LogP contribution in [0.2, 0.25) is 0 Å². The van der Waals surface area contributed by atoms with Crippen LogP contribution in [-0.4, -0.2) is 25.6 Å². The van der Waals surface area contributed by atoms with Gasteiger partial charge in [-0.05, 0) is 20.3 Å². The number of aryl methyl sites for hydroxylation is 1. The molecule has 17 heavy (non-hydrogen) atoms. The van der Waals surface area contributed by atoms with E-state index in [0.29, 0.717) is 6.04 Å². The van der Waals surface area contributed by atoms with Crippen molar-refractivity contribution in [1.29, 1.82) is 0 Å². The zero-order valence-corrected chi connectivity index (χ0v) is 10.6. The molecule has 2 heterocycles. The molecule has 0 aliphatic heterocycles. The first-order valence-corrected chi connectivity index (χ1v) is 6.15. The molecule has 1 N–H and O–H groups in total. The molecule has 0 radical (unpaired) electrons. The summed E-state index contributed by atoms with van der Waals surface area (Å²) in [5.74, 6) is 1.70. The van der Waals surface area contributed by atoms with Crippen LogP contribution in [0.3, 0.4) is 0 Å². The Bertz CT molecular complexity index is 491. The SMILES string of the molecule is CCCCC(C)Nc1nccn2c(C)nnc12. The molecule has 0 saturated carbocycles. The number of fused-ring (bicyclic) bond motifs is 1. The van der Waals surface area contributed by atoms with Gasteiger partial charge in [-0.1, -0.05) is 19.8 Å². The Balaban J connectivity index is 2.18. The molecule has 2 aromatic heterocycles. The lowest BCUT2D eigenvalue weighted by Gasteiger charge is -2.13. The van der Waals surface area contributed by atoms with Crippen molar-refractivity contribution < 1.29 is 0 Å². The Morgan fingerprint density at radius 2 is 2.24 bits per heavy atom. The van der Waals surface area contributed by atoms with Crippen LogP contribution in [0.5, 0.6) is 0 Å². The van der Waals surface area contributed by atoms with Gasteiger partial charge >= 0.3 is 0 Å². The smallest absolute Gasteiger partial charge is 0.203 e. The predicted molar refractivity (Wildman–Crippen MR) is 68.1 cm³/mol. The minimum absolute atomic E-state index is 0.408. The standard InChI is InChI=1S/C12H19N5/c1-4-5-6-9(2)14-11-12-16-15-10(3)17(12)8-7-13-11/h7-9H,4-6H2,1-3H3,(H,13,14). The first-order valence-electron chi connectivity index (χ1n) is 6.15. The molecule has 0 saturated heterocycles. The van der Waals surface area contributed by atoms with Gasteiger partial charge < -0.3 is 5.32 Å². The lowest BCUT2D eigenvalue weighted by molar-refractivity contribution is 0.643. The average molecular weight is 233 g/mol.